The number of hydrogen-bond donors (Lipinski definition) is 3. The van der Waals surface area contributed by atoms with Crippen LogP contribution in [-0.2, 0) is 9.16 Å². The number of nitrogens with one attached hydrogen (secondary N) is 1. The third kappa shape index (κ3) is 4.80. The van der Waals surface area contributed by atoms with E-state index in [9.17, 15) is 15.0 Å². The summed E-state index contributed by atoms with van der Waals surface area (Å²) in [4.78, 5) is 11.3. The fourth-order valence-electron chi connectivity index (χ4n) is 3.49. The molecule has 6 nitrogen and oxygen atoms in total. The van der Waals surface area contributed by atoms with E-state index in [4.69, 9.17) is 9.16 Å². The van der Waals surface area contributed by atoms with Crippen LogP contribution < -0.4 is 5.32 Å². The predicted octanol–water partition coefficient (Wildman–Crippen LogP) is 3.85. The summed E-state index contributed by atoms with van der Waals surface area (Å²) in [6.07, 6.45) is -1.03. The van der Waals surface area contributed by atoms with E-state index in [1.54, 1.807) is 6.92 Å². The SMILES string of the molecule is C[C@H](NC(=O)O)[C@H](O[Si](C)(C)C(C)(C)C)C(O)([C@H]1CCOC1)C(C)(C)C. The van der Waals surface area contributed by atoms with E-state index >= 15 is 0 Å². The van der Waals surface area contributed by atoms with E-state index in [0.717, 1.165) is 6.42 Å². The molecule has 1 aliphatic rings. The van der Waals surface area contributed by atoms with Gasteiger partial charge in [-0.1, -0.05) is 41.5 Å². The summed E-state index contributed by atoms with van der Waals surface area (Å²) < 4.78 is 12.2. The third-order valence-electron chi connectivity index (χ3n) is 6.22. The second kappa shape index (κ2) is 7.77. The van der Waals surface area contributed by atoms with E-state index in [0.29, 0.717) is 13.2 Å². The van der Waals surface area contributed by atoms with Crippen LogP contribution in [0.1, 0.15) is 54.9 Å². The summed E-state index contributed by atoms with van der Waals surface area (Å²) in [7, 11) is -2.26. The van der Waals surface area contributed by atoms with Crippen molar-refractivity contribution in [3.63, 3.8) is 0 Å². The van der Waals surface area contributed by atoms with Crippen molar-refractivity contribution in [2.75, 3.05) is 13.2 Å². The number of carboxylic acid groups (broad SMARTS) is 1. The van der Waals surface area contributed by atoms with Gasteiger partial charge in [0.15, 0.2) is 8.32 Å². The third-order valence-corrected chi connectivity index (χ3v) is 10.7. The Kier molecular flexibility index (Phi) is 7.00. The molecule has 1 unspecified atom stereocenters. The molecule has 1 heterocycles. The highest BCUT2D eigenvalue weighted by Gasteiger charge is 2.57. The Morgan fingerprint density at radius 3 is 2.12 bits per heavy atom. The number of hydrogen-bond acceptors (Lipinski definition) is 4. The second-order valence-electron chi connectivity index (χ2n) is 10.2. The fraction of sp³-hybridized carbons (Fsp3) is 0.947. The number of ether oxygens (including phenoxy) is 1. The number of amides is 1. The Morgan fingerprint density at radius 2 is 1.77 bits per heavy atom. The zero-order valence-corrected chi connectivity index (χ0v) is 19.0. The summed E-state index contributed by atoms with van der Waals surface area (Å²) in [5.41, 5.74) is -1.73. The minimum atomic E-state index is -2.26. The van der Waals surface area contributed by atoms with Crippen LogP contribution in [0.5, 0.6) is 0 Å². The molecule has 0 saturated carbocycles. The highest BCUT2D eigenvalue weighted by molar-refractivity contribution is 6.74. The Morgan fingerprint density at radius 1 is 1.23 bits per heavy atom. The van der Waals surface area contributed by atoms with Gasteiger partial charge in [-0.2, -0.15) is 0 Å². The molecule has 0 bridgehead atoms. The fourth-order valence-corrected chi connectivity index (χ4v) is 4.86. The minimum absolute atomic E-state index is 0.0564. The molecule has 3 N–H and O–H groups in total. The van der Waals surface area contributed by atoms with Crippen molar-refractivity contribution >= 4 is 14.4 Å². The zero-order valence-electron chi connectivity index (χ0n) is 18.0. The zero-order chi connectivity index (χ0) is 20.6. The lowest BCUT2D eigenvalue weighted by Gasteiger charge is -2.54. The highest BCUT2D eigenvalue weighted by Crippen LogP contribution is 2.47. The van der Waals surface area contributed by atoms with Gasteiger partial charge in [0.1, 0.15) is 5.60 Å². The minimum Gasteiger partial charge on any atom is -0.465 e. The van der Waals surface area contributed by atoms with Crippen molar-refractivity contribution in [3.8, 4) is 0 Å². The molecule has 0 aliphatic carbocycles. The molecule has 1 amide bonds. The molecule has 1 saturated heterocycles. The maximum absolute atomic E-state index is 12.0. The standard InChI is InChI=1S/C19H39NO5Si/c1-13(20-16(21)22)15(25-26(8,9)18(5,6)7)19(23,17(2,3)4)14-10-11-24-12-14/h13-15,20,23H,10-12H2,1-9H3,(H,21,22)/t13-,14-,15-,19?/m0/s1. The topological polar surface area (TPSA) is 88.0 Å². The lowest BCUT2D eigenvalue weighted by molar-refractivity contribution is -0.178. The maximum Gasteiger partial charge on any atom is 0.404 e. The first kappa shape index (κ1) is 23.4. The van der Waals surface area contributed by atoms with Gasteiger partial charge in [0.2, 0.25) is 0 Å². The number of rotatable bonds is 6. The molecule has 0 radical (unpaired) electrons. The summed E-state index contributed by atoms with van der Waals surface area (Å²) in [5, 5.41) is 23.7. The van der Waals surface area contributed by atoms with Gasteiger partial charge < -0.3 is 24.7 Å². The van der Waals surface area contributed by atoms with Crippen LogP contribution in [0.3, 0.4) is 0 Å². The van der Waals surface area contributed by atoms with Gasteiger partial charge in [-0.25, -0.2) is 4.79 Å². The lowest BCUT2D eigenvalue weighted by Crippen LogP contribution is -2.67. The molecule has 1 aliphatic heterocycles. The second-order valence-corrected chi connectivity index (χ2v) is 14.9. The van der Waals surface area contributed by atoms with Gasteiger partial charge in [-0.05, 0) is 36.9 Å². The first-order chi connectivity index (χ1) is 11.5. The van der Waals surface area contributed by atoms with E-state index in [2.05, 4.69) is 39.2 Å². The van der Waals surface area contributed by atoms with Crippen LogP contribution in [0.2, 0.25) is 18.1 Å². The van der Waals surface area contributed by atoms with Crippen molar-refractivity contribution < 1.29 is 24.2 Å². The normalized spacial score (nSPS) is 24.0. The molecule has 0 aromatic carbocycles. The smallest absolute Gasteiger partial charge is 0.404 e. The summed E-state index contributed by atoms with van der Waals surface area (Å²) in [6.45, 7) is 19.5. The van der Waals surface area contributed by atoms with Crippen molar-refractivity contribution in [2.24, 2.45) is 11.3 Å². The molecular weight excluding hydrogens is 350 g/mol. The first-order valence-corrected chi connectivity index (χ1v) is 12.4. The summed E-state index contributed by atoms with van der Waals surface area (Å²) in [6, 6.07) is -0.550. The molecule has 0 spiro atoms. The van der Waals surface area contributed by atoms with Crippen LogP contribution in [0.25, 0.3) is 0 Å². The van der Waals surface area contributed by atoms with Crippen molar-refractivity contribution in [2.45, 2.75) is 90.8 Å². The quantitative estimate of drug-likeness (QED) is 0.601. The molecule has 154 valence electrons. The average Bonchev–Trinajstić information content (AvgIpc) is 2.94. The van der Waals surface area contributed by atoms with Crippen molar-refractivity contribution in [1.29, 1.82) is 0 Å². The molecule has 0 aromatic heterocycles. The van der Waals surface area contributed by atoms with E-state index in [-0.39, 0.29) is 11.0 Å². The summed E-state index contributed by atoms with van der Waals surface area (Å²) in [5.74, 6) is -0.102. The Labute approximate surface area is 159 Å². The van der Waals surface area contributed by atoms with Crippen LogP contribution in [0.15, 0.2) is 0 Å². The molecule has 26 heavy (non-hydrogen) atoms. The molecule has 0 aromatic rings. The number of aliphatic hydroxyl groups is 1. The van der Waals surface area contributed by atoms with Crippen molar-refractivity contribution in [3.05, 3.63) is 0 Å². The van der Waals surface area contributed by atoms with E-state index < -0.39 is 37.6 Å². The molecule has 4 atom stereocenters. The van der Waals surface area contributed by atoms with Gasteiger partial charge >= 0.3 is 6.09 Å². The van der Waals surface area contributed by atoms with Gasteiger partial charge in [0, 0.05) is 12.5 Å². The molecule has 1 fully saturated rings. The van der Waals surface area contributed by atoms with Gasteiger partial charge in [-0.3, -0.25) is 0 Å². The number of carbonyl (C=O) groups is 1. The van der Waals surface area contributed by atoms with Crippen molar-refractivity contribution in [1.82, 2.24) is 5.32 Å². The highest BCUT2D eigenvalue weighted by atomic mass is 28.4. The van der Waals surface area contributed by atoms with Gasteiger partial charge in [0.25, 0.3) is 0 Å². The molecule has 7 heteroatoms. The monoisotopic (exact) mass is 389 g/mol. The van der Waals surface area contributed by atoms with Gasteiger partial charge in [0.05, 0.1) is 18.8 Å². The van der Waals surface area contributed by atoms with Crippen LogP contribution in [0.4, 0.5) is 4.79 Å². The predicted molar refractivity (Wildman–Crippen MR) is 106 cm³/mol. The summed E-state index contributed by atoms with van der Waals surface area (Å²) >= 11 is 0. The van der Waals surface area contributed by atoms with Gasteiger partial charge in [-0.15, -0.1) is 0 Å². The first-order valence-electron chi connectivity index (χ1n) is 9.51. The van der Waals surface area contributed by atoms with E-state index in [1.165, 1.54) is 0 Å². The Balaban J connectivity index is 3.41. The lowest BCUT2D eigenvalue weighted by atomic mass is 9.64. The van der Waals surface area contributed by atoms with Crippen LogP contribution in [-0.4, -0.2) is 55.6 Å². The molecule has 1 rings (SSSR count). The maximum atomic E-state index is 12.0. The largest absolute Gasteiger partial charge is 0.465 e. The van der Waals surface area contributed by atoms with Crippen LogP contribution >= 0.6 is 0 Å². The Hall–Kier alpha value is -0.633. The van der Waals surface area contributed by atoms with E-state index in [1.807, 2.05) is 20.8 Å². The molecular formula is C19H39NO5Si. The van der Waals surface area contributed by atoms with Crippen LogP contribution in [0, 0.1) is 11.3 Å². The average molecular weight is 390 g/mol. The Bertz CT molecular complexity index is 491.